The first-order valence-electron chi connectivity index (χ1n) is 6.07. The Kier molecular flexibility index (Phi) is 58.2. The Labute approximate surface area is 131 Å². The van der Waals surface area contributed by atoms with Crippen molar-refractivity contribution in [2.75, 3.05) is 19.8 Å². The third kappa shape index (κ3) is 59.4. The maximum absolute atomic E-state index is 8.07. The molecule has 0 aliphatic heterocycles. The molecule has 3 nitrogen and oxygen atoms in total. The fourth-order valence-corrected chi connectivity index (χ4v) is 0.474. The van der Waals surface area contributed by atoms with Gasteiger partial charge in [0.15, 0.2) is 0 Å². The molecule has 0 unspecified atom stereocenters. The Morgan fingerprint density at radius 1 is 0.562 bits per heavy atom. The predicted molar refractivity (Wildman–Crippen MR) is 66.0 cm³/mol. The van der Waals surface area contributed by atoms with Crippen LogP contribution in [0.5, 0.6) is 0 Å². The van der Waals surface area contributed by atoms with Gasteiger partial charge < -0.3 is 15.3 Å². The molecule has 107 valence electrons. The molecule has 0 heterocycles. The SMILES string of the molecule is CCCCO.CCCCO.CCCCO.[Ho]. The first kappa shape index (κ1) is 25.9. The molecule has 0 spiro atoms. The molecule has 0 bridgehead atoms. The number of aliphatic hydroxyl groups is 3. The van der Waals surface area contributed by atoms with Crippen molar-refractivity contribution in [1.29, 1.82) is 0 Å². The van der Waals surface area contributed by atoms with Crippen LogP contribution in [0.4, 0.5) is 0 Å². The number of unbranched alkanes of at least 4 members (excludes halogenated alkanes) is 3. The number of hydrogen-bond donors (Lipinski definition) is 3. The van der Waals surface area contributed by atoms with Crippen molar-refractivity contribution in [2.45, 2.75) is 59.3 Å². The molecular formula is C12H30HoO3. The van der Waals surface area contributed by atoms with Crippen LogP contribution in [0.3, 0.4) is 0 Å². The molecule has 1 radical (unpaired) electrons. The molecular weight excluding hydrogens is 357 g/mol. The van der Waals surface area contributed by atoms with Gasteiger partial charge in [-0.25, -0.2) is 0 Å². The summed E-state index contributed by atoms with van der Waals surface area (Å²) in [7, 11) is 0. The average Bonchev–Trinajstić information content (AvgIpc) is 2.23. The maximum atomic E-state index is 8.07. The van der Waals surface area contributed by atoms with Crippen LogP contribution in [0, 0.1) is 37.7 Å². The molecule has 0 saturated carbocycles. The zero-order valence-electron chi connectivity index (χ0n) is 11.0. The van der Waals surface area contributed by atoms with Crippen LogP contribution in [0.2, 0.25) is 0 Å². The van der Waals surface area contributed by atoms with Crippen LogP contribution in [0.25, 0.3) is 0 Å². The second-order valence-corrected chi connectivity index (χ2v) is 3.23. The first-order chi connectivity index (χ1) is 7.24. The summed E-state index contributed by atoms with van der Waals surface area (Å²) >= 11 is 0. The molecule has 0 atom stereocenters. The summed E-state index contributed by atoms with van der Waals surface area (Å²) < 4.78 is 0. The van der Waals surface area contributed by atoms with Crippen molar-refractivity contribution in [3.05, 3.63) is 0 Å². The number of rotatable bonds is 6. The van der Waals surface area contributed by atoms with Gasteiger partial charge in [-0.15, -0.1) is 0 Å². The van der Waals surface area contributed by atoms with Gasteiger partial charge in [0.25, 0.3) is 0 Å². The summed E-state index contributed by atoms with van der Waals surface area (Å²) in [6.45, 7) is 7.19. The van der Waals surface area contributed by atoms with Gasteiger partial charge in [-0.05, 0) is 19.3 Å². The van der Waals surface area contributed by atoms with E-state index < -0.39 is 0 Å². The number of hydrogen-bond acceptors (Lipinski definition) is 3. The van der Waals surface area contributed by atoms with E-state index in [2.05, 4.69) is 20.8 Å². The van der Waals surface area contributed by atoms with E-state index >= 15 is 0 Å². The monoisotopic (exact) mass is 387 g/mol. The Balaban J connectivity index is -0.0000000655. The predicted octanol–water partition coefficient (Wildman–Crippen LogP) is 2.34. The molecule has 0 aliphatic carbocycles. The van der Waals surface area contributed by atoms with Gasteiger partial charge in [0.05, 0.1) is 0 Å². The topological polar surface area (TPSA) is 60.7 Å². The van der Waals surface area contributed by atoms with E-state index in [0.717, 1.165) is 38.5 Å². The van der Waals surface area contributed by atoms with E-state index in [9.17, 15) is 0 Å². The van der Waals surface area contributed by atoms with E-state index in [1.54, 1.807) is 0 Å². The Morgan fingerprint density at radius 3 is 0.750 bits per heavy atom. The minimum Gasteiger partial charge on any atom is -0.396 e. The second-order valence-electron chi connectivity index (χ2n) is 3.23. The van der Waals surface area contributed by atoms with E-state index in [1.807, 2.05) is 0 Å². The van der Waals surface area contributed by atoms with Crippen LogP contribution in [0.1, 0.15) is 59.3 Å². The second kappa shape index (κ2) is 36.0. The molecule has 16 heavy (non-hydrogen) atoms. The van der Waals surface area contributed by atoms with E-state index in [4.69, 9.17) is 15.3 Å². The van der Waals surface area contributed by atoms with Crippen molar-refractivity contribution in [3.63, 3.8) is 0 Å². The van der Waals surface area contributed by atoms with Crippen molar-refractivity contribution in [1.82, 2.24) is 0 Å². The zero-order valence-corrected chi connectivity index (χ0v) is 12.9. The van der Waals surface area contributed by atoms with Gasteiger partial charge in [0, 0.05) is 57.6 Å². The first-order valence-corrected chi connectivity index (χ1v) is 6.07. The fraction of sp³-hybridized carbons (Fsp3) is 1.00. The van der Waals surface area contributed by atoms with Crippen LogP contribution in [0.15, 0.2) is 0 Å². The third-order valence-electron chi connectivity index (χ3n) is 1.54. The average molecular weight is 387 g/mol. The molecule has 3 N–H and O–H groups in total. The van der Waals surface area contributed by atoms with Crippen molar-refractivity contribution in [2.24, 2.45) is 0 Å². The summed E-state index contributed by atoms with van der Waals surface area (Å²) in [6, 6.07) is 0. The fourth-order valence-electron chi connectivity index (χ4n) is 0.474. The molecule has 0 aromatic heterocycles. The molecule has 0 amide bonds. The van der Waals surface area contributed by atoms with Gasteiger partial charge >= 0.3 is 0 Å². The zero-order chi connectivity index (χ0) is 12.4. The molecule has 0 fully saturated rings. The summed E-state index contributed by atoms with van der Waals surface area (Å²) in [5.41, 5.74) is 0. The van der Waals surface area contributed by atoms with Crippen LogP contribution in [-0.2, 0) is 0 Å². The Morgan fingerprint density at radius 2 is 0.750 bits per heavy atom. The van der Waals surface area contributed by atoms with Gasteiger partial charge in [-0.2, -0.15) is 0 Å². The van der Waals surface area contributed by atoms with Gasteiger partial charge in [-0.3, -0.25) is 0 Å². The third-order valence-corrected chi connectivity index (χ3v) is 1.54. The standard InChI is InChI=1S/3C4H10O.Ho/c3*1-2-3-4-5;/h3*5H,2-4H2,1H3;. The minimum absolute atomic E-state index is 0. The van der Waals surface area contributed by atoms with Gasteiger partial charge in [-0.1, -0.05) is 40.0 Å². The van der Waals surface area contributed by atoms with Crippen LogP contribution >= 0.6 is 0 Å². The molecule has 0 aromatic carbocycles. The van der Waals surface area contributed by atoms with E-state index in [0.29, 0.717) is 19.8 Å². The van der Waals surface area contributed by atoms with Crippen molar-refractivity contribution in [3.8, 4) is 0 Å². The summed E-state index contributed by atoms with van der Waals surface area (Å²) in [4.78, 5) is 0. The normalized spacial score (nSPS) is 7.88. The van der Waals surface area contributed by atoms with Gasteiger partial charge in [0.2, 0.25) is 0 Å². The van der Waals surface area contributed by atoms with Crippen LogP contribution < -0.4 is 0 Å². The minimum atomic E-state index is 0. The van der Waals surface area contributed by atoms with Crippen molar-refractivity contribution < 1.29 is 53.1 Å². The largest absolute Gasteiger partial charge is 0.396 e. The molecule has 0 rings (SSSR count). The Bertz CT molecular complexity index is 53.0. The maximum Gasteiger partial charge on any atom is 0.0430 e. The molecule has 0 aliphatic rings. The molecule has 0 saturated heterocycles. The van der Waals surface area contributed by atoms with Gasteiger partial charge in [0.1, 0.15) is 0 Å². The quantitative estimate of drug-likeness (QED) is 0.614. The summed E-state index contributed by atoms with van der Waals surface area (Å²) in [5, 5.41) is 24.2. The molecule has 0 aromatic rings. The van der Waals surface area contributed by atoms with E-state index in [-0.39, 0.29) is 37.7 Å². The summed E-state index contributed by atoms with van der Waals surface area (Å²) in [5.74, 6) is 0. The van der Waals surface area contributed by atoms with Crippen molar-refractivity contribution >= 4 is 0 Å². The Hall–Kier alpha value is 1.14. The van der Waals surface area contributed by atoms with E-state index in [1.165, 1.54) is 0 Å². The smallest absolute Gasteiger partial charge is 0.0430 e. The summed E-state index contributed by atoms with van der Waals surface area (Å²) in [6.07, 6.45) is 6.11. The number of aliphatic hydroxyl groups excluding tert-OH is 3. The molecule has 4 heteroatoms. The van der Waals surface area contributed by atoms with Crippen LogP contribution in [-0.4, -0.2) is 35.1 Å².